The van der Waals surface area contributed by atoms with Crippen LogP contribution < -0.4 is 5.32 Å². The van der Waals surface area contributed by atoms with Crippen molar-refractivity contribution in [3.8, 4) is 0 Å². The molecule has 25 heavy (non-hydrogen) atoms. The zero-order chi connectivity index (χ0) is 18.1. The molecule has 4 nitrogen and oxygen atoms in total. The molecule has 2 aromatic rings. The van der Waals surface area contributed by atoms with Crippen molar-refractivity contribution in [3.05, 3.63) is 64.1 Å². The average molecular weight is 404 g/mol. The number of unbranched alkanes of at least 4 members (excludes halogenated alkanes) is 3. The van der Waals surface area contributed by atoms with E-state index < -0.39 is 0 Å². The van der Waals surface area contributed by atoms with Crippen molar-refractivity contribution < 1.29 is 14.3 Å². The first kappa shape index (κ1) is 19.2. The first-order valence-corrected chi connectivity index (χ1v) is 9.23. The van der Waals surface area contributed by atoms with Gasteiger partial charge in [-0.3, -0.25) is 4.79 Å². The summed E-state index contributed by atoms with van der Waals surface area (Å²) in [6.07, 6.45) is 4.27. The van der Waals surface area contributed by atoms with Gasteiger partial charge in [0.25, 0.3) is 5.91 Å². The minimum Gasteiger partial charge on any atom is -0.462 e. The fourth-order valence-electron chi connectivity index (χ4n) is 2.30. The maximum absolute atomic E-state index is 12.2. The first-order chi connectivity index (χ1) is 12.1. The molecule has 0 aliphatic carbocycles. The predicted octanol–water partition coefficient (Wildman–Crippen LogP) is 5.44. The summed E-state index contributed by atoms with van der Waals surface area (Å²) in [6, 6.07) is 13.9. The van der Waals surface area contributed by atoms with Gasteiger partial charge in [-0.05, 0) is 48.9 Å². The molecule has 0 atom stereocenters. The molecule has 0 aromatic heterocycles. The normalized spacial score (nSPS) is 10.3. The third-order valence-corrected chi connectivity index (χ3v) is 4.19. The van der Waals surface area contributed by atoms with E-state index in [1.165, 1.54) is 0 Å². The number of anilines is 1. The lowest BCUT2D eigenvalue weighted by Gasteiger charge is -2.07. The number of halogens is 1. The summed E-state index contributed by atoms with van der Waals surface area (Å²) in [5.74, 6) is -0.533. The summed E-state index contributed by atoms with van der Waals surface area (Å²) in [5.41, 5.74) is 1.67. The van der Waals surface area contributed by atoms with E-state index in [0.717, 1.165) is 30.2 Å². The van der Waals surface area contributed by atoms with Crippen LogP contribution >= 0.6 is 15.9 Å². The Morgan fingerprint density at radius 2 is 1.76 bits per heavy atom. The summed E-state index contributed by atoms with van der Waals surface area (Å²) in [4.78, 5) is 24.1. The molecule has 1 N–H and O–H groups in total. The maximum atomic E-state index is 12.2. The molecule has 132 valence electrons. The van der Waals surface area contributed by atoms with Gasteiger partial charge < -0.3 is 10.1 Å². The highest BCUT2D eigenvalue weighted by molar-refractivity contribution is 9.10. The SMILES string of the molecule is CCCCCCOC(=O)c1ccc(NC(=O)c2cccc(Br)c2)cc1. The van der Waals surface area contributed by atoms with Crippen molar-refractivity contribution in [2.75, 3.05) is 11.9 Å². The molecule has 0 radical (unpaired) electrons. The predicted molar refractivity (Wildman–Crippen MR) is 103 cm³/mol. The summed E-state index contributed by atoms with van der Waals surface area (Å²) in [7, 11) is 0. The molecule has 0 saturated carbocycles. The Kier molecular flexibility index (Phi) is 7.67. The Bertz CT molecular complexity index is 713. The van der Waals surface area contributed by atoms with Crippen LogP contribution in [0.2, 0.25) is 0 Å². The number of benzene rings is 2. The van der Waals surface area contributed by atoms with Gasteiger partial charge in [0.1, 0.15) is 0 Å². The lowest BCUT2D eigenvalue weighted by atomic mass is 10.2. The second-order valence-corrected chi connectivity index (χ2v) is 6.65. The number of amides is 1. The molecule has 0 fully saturated rings. The van der Waals surface area contributed by atoms with Crippen LogP contribution in [0.25, 0.3) is 0 Å². The van der Waals surface area contributed by atoms with Gasteiger partial charge in [0.05, 0.1) is 12.2 Å². The van der Waals surface area contributed by atoms with E-state index in [1.807, 2.05) is 6.07 Å². The van der Waals surface area contributed by atoms with Crippen LogP contribution in [-0.2, 0) is 4.74 Å². The maximum Gasteiger partial charge on any atom is 0.338 e. The topological polar surface area (TPSA) is 55.4 Å². The van der Waals surface area contributed by atoms with E-state index >= 15 is 0 Å². The van der Waals surface area contributed by atoms with Crippen molar-refractivity contribution in [2.45, 2.75) is 32.6 Å². The van der Waals surface area contributed by atoms with Crippen LogP contribution in [0.5, 0.6) is 0 Å². The molecule has 0 aliphatic rings. The van der Waals surface area contributed by atoms with Crippen molar-refractivity contribution in [1.82, 2.24) is 0 Å². The molecule has 0 aliphatic heterocycles. The Balaban J connectivity index is 1.86. The van der Waals surface area contributed by atoms with E-state index in [4.69, 9.17) is 4.74 Å². The highest BCUT2D eigenvalue weighted by Crippen LogP contribution is 2.15. The largest absolute Gasteiger partial charge is 0.462 e. The zero-order valence-electron chi connectivity index (χ0n) is 14.3. The summed E-state index contributed by atoms with van der Waals surface area (Å²) < 4.78 is 6.09. The second kappa shape index (κ2) is 9.99. The molecule has 2 rings (SSSR count). The van der Waals surface area contributed by atoms with E-state index in [-0.39, 0.29) is 11.9 Å². The number of carbonyl (C=O) groups is 2. The molecule has 0 unspecified atom stereocenters. The molecule has 0 heterocycles. The second-order valence-electron chi connectivity index (χ2n) is 5.74. The lowest BCUT2D eigenvalue weighted by Crippen LogP contribution is -2.12. The van der Waals surface area contributed by atoms with Gasteiger partial charge >= 0.3 is 5.97 Å². The standard InChI is InChI=1S/C20H22BrNO3/c1-2-3-4-5-13-25-20(24)15-9-11-18(12-10-15)22-19(23)16-7-6-8-17(21)14-16/h6-12,14H,2-5,13H2,1H3,(H,22,23). The summed E-state index contributed by atoms with van der Waals surface area (Å²) in [6.45, 7) is 2.59. The van der Waals surface area contributed by atoms with Crippen LogP contribution in [0.4, 0.5) is 5.69 Å². The van der Waals surface area contributed by atoms with Gasteiger partial charge in [0.2, 0.25) is 0 Å². The molecule has 5 heteroatoms. The van der Waals surface area contributed by atoms with Crippen LogP contribution in [-0.4, -0.2) is 18.5 Å². The van der Waals surface area contributed by atoms with Gasteiger partial charge in [-0.2, -0.15) is 0 Å². The van der Waals surface area contributed by atoms with Crippen LogP contribution in [0, 0.1) is 0 Å². The number of carbonyl (C=O) groups excluding carboxylic acids is 2. The van der Waals surface area contributed by atoms with Crippen LogP contribution in [0.3, 0.4) is 0 Å². The van der Waals surface area contributed by atoms with Gasteiger partial charge in [-0.1, -0.05) is 48.2 Å². The Hall–Kier alpha value is -2.14. The van der Waals surface area contributed by atoms with Crippen molar-refractivity contribution >= 4 is 33.5 Å². The quantitative estimate of drug-likeness (QED) is 0.471. The van der Waals surface area contributed by atoms with E-state index in [1.54, 1.807) is 42.5 Å². The lowest BCUT2D eigenvalue weighted by molar-refractivity contribution is 0.0498. The van der Waals surface area contributed by atoms with Crippen LogP contribution in [0.1, 0.15) is 53.3 Å². The minimum absolute atomic E-state index is 0.201. The van der Waals surface area contributed by atoms with Crippen molar-refractivity contribution in [2.24, 2.45) is 0 Å². The molecule has 0 bridgehead atoms. The van der Waals surface area contributed by atoms with Gasteiger partial charge in [0.15, 0.2) is 0 Å². The molecular formula is C20H22BrNO3. The third-order valence-electron chi connectivity index (χ3n) is 3.70. The first-order valence-electron chi connectivity index (χ1n) is 8.44. The monoisotopic (exact) mass is 403 g/mol. The molecule has 0 saturated heterocycles. The highest BCUT2D eigenvalue weighted by Gasteiger charge is 2.09. The Labute approximate surface area is 156 Å². The van der Waals surface area contributed by atoms with Gasteiger partial charge in [0, 0.05) is 15.7 Å². The third kappa shape index (κ3) is 6.35. The highest BCUT2D eigenvalue weighted by atomic mass is 79.9. The summed E-state index contributed by atoms with van der Waals surface area (Å²) >= 11 is 3.34. The van der Waals surface area contributed by atoms with Crippen molar-refractivity contribution in [3.63, 3.8) is 0 Å². The van der Waals surface area contributed by atoms with E-state index in [9.17, 15) is 9.59 Å². The van der Waals surface area contributed by atoms with E-state index in [0.29, 0.717) is 23.4 Å². The number of hydrogen-bond donors (Lipinski definition) is 1. The fraction of sp³-hybridized carbons (Fsp3) is 0.300. The molecule has 2 aromatic carbocycles. The minimum atomic E-state index is -0.332. The van der Waals surface area contributed by atoms with Gasteiger partial charge in [-0.25, -0.2) is 4.79 Å². The fourth-order valence-corrected chi connectivity index (χ4v) is 2.70. The number of rotatable bonds is 8. The van der Waals surface area contributed by atoms with Crippen LogP contribution in [0.15, 0.2) is 53.0 Å². The number of esters is 1. The molecular weight excluding hydrogens is 382 g/mol. The number of ether oxygens (including phenoxy) is 1. The number of hydrogen-bond acceptors (Lipinski definition) is 3. The smallest absolute Gasteiger partial charge is 0.338 e. The number of nitrogens with one attached hydrogen (secondary N) is 1. The van der Waals surface area contributed by atoms with Crippen molar-refractivity contribution in [1.29, 1.82) is 0 Å². The Morgan fingerprint density at radius 3 is 2.44 bits per heavy atom. The van der Waals surface area contributed by atoms with Gasteiger partial charge in [-0.15, -0.1) is 0 Å². The summed E-state index contributed by atoms with van der Waals surface area (Å²) in [5, 5.41) is 2.81. The Morgan fingerprint density at radius 1 is 1.00 bits per heavy atom. The average Bonchev–Trinajstić information content (AvgIpc) is 2.62. The molecule has 1 amide bonds. The van der Waals surface area contributed by atoms with E-state index in [2.05, 4.69) is 28.2 Å². The molecule has 0 spiro atoms. The zero-order valence-corrected chi connectivity index (χ0v) is 15.8.